The number of rotatable bonds is 2. The van der Waals surface area contributed by atoms with E-state index < -0.39 is 0 Å². The molecule has 1 aromatic carbocycles. The fourth-order valence-electron chi connectivity index (χ4n) is 2.87. The van der Waals surface area contributed by atoms with Crippen molar-refractivity contribution in [3.05, 3.63) is 36.3 Å². The first-order valence-electron chi connectivity index (χ1n) is 8.83. The van der Waals surface area contributed by atoms with Gasteiger partial charge in [-0.05, 0) is 38.2 Å². The molecule has 1 aliphatic rings. The molecule has 3 heterocycles. The largest absolute Gasteiger partial charge is 0.418 e. The van der Waals surface area contributed by atoms with Crippen LogP contribution in [0.2, 0.25) is 0 Å². The van der Waals surface area contributed by atoms with Gasteiger partial charge in [-0.3, -0.25) is 0 Å². The van der Waals surface area contributed by atoms with Crippen LogP contribution in [0, 0.1) is 6.92 Å². The molecule has 132 valence electrons. The number of nitrogens with zero attached hydrogens (tertiary/aromatic N) is 5. The number of aryl methyl sites for hydroxylation is 1. The van der Waals surface area contributed by atoms with Crippen molar-refractivity contribution in [1.29, 1.82) is 0 Å². The van der Waals surface area contributed by atoms with Crippen LogP contribution < -0.4 is 4.90 Å². The van der Waals surface area contributed by atoms with E-state index in [0.717, 1.165) is 43.0 Å². The summed E-state index contributed by atoms with van der Waals surface area (Å²) in [5.41, 5.74) is 4.30. The SMILES string of the molecule is CC.Cc1ncnc2oc(-c3ccc(N4CCN(C)CC4)cc3)nc12. The van der Waals surface area contributed by atoms with E-state index in [1.165, 1.54) is 12.0 Å². The number of hydrogen-bond acceptors (Lipinski definition) is 6. The van der Waals surface area contributed by atoms with Gasteiger partial charge in [-0.2, -0.15) is 4.98 Å². The summed E-state index contributed by atoms with van der Waals surface area (Å²) in [6.07, 6.45) is 1.50. The molecule has 3 aromatic rings. The lowest BCUT2D eigenvalue weighted by atomic mass is 10.2. The maximum absolute atomic E-state index is 5.75. The molecule has 0 N–H and O–H groups in total. The predicted molar refractivity (Wildman–Crippen MR) is 101 cm³/mol. The number of piperazine rings is 1. The molecule has 6 nitrogen and oxygen atoms in total. The molecule has 0 amide bonds. The highest BCUT2D eigenvalue weighted by molar-refractivity contribution is 5.74. The lowest BCUT2D eigenvalue weighted by molar-refractivity contribution is 0.313. The topological polar surface area (TPSA) is 58.3 Å². The number of oxazole rings is 1. The van der Waals surface area contributed by atoms with E-state index in [1.807, 2.05) is 20.8 Å². The molecule has 1 aliphatic heterocycles. The Hall–Kier alpha value is -2.47. The summed E-state index contributed by atoms with van der Waals surface area (Å²) in [5, 5.41) is 0. The van der Waals surface area contributed by atoms with Crippen LogP contribution >= 0.6 is 0 Å². The first-order valence-corrected chi connectivity index (χ1v) is 8.83. The Morgan fingerprint density at radius 2 is 1.64 bits per heavy atom. The molecule has 4 rings (SSSR count). The van der Waals surface area contributed by atoms with Crippen LogP contribution in [0.1, 0.15) is 19.5 Å². The van der Waals surface area contributed by atoms with Gasteiger partial charge in [-0.15, -0.1) is 0 Å². The van der Waals surface area contributed by atoms with Crippen molar-refractivity contribution in [2.75, 3.05) is 38.1 Å². The monoisotopic (exact) mass is 339 g/mol. The molecule has 0 unspecified atom stereocenters. The zero-order valence-corrected chi connectivity index (χ0v) is 15.4. The van der Waals surface area contributed by atoms with Gasteiger partial charge in [0, 0.05) is 37.4 Å². The first-order chi connectivity index (χ1) is 12.2. The molecule has 0 saturated carbocycles. The Balaban J connectivity index is 0.000000880. The van der Waals surface area contributed by atoms with Crippen molar-refractivity contribution >= 4 is 16.9 Å². The van der Waals surface area contributed by atoms with Gasteiger partial charge in [0.1, 0.15) is 6.33 Å². The van der Waals surface area contributed by atoms with Crippen LogP contribution in [-0.4, -0.2) is 53.1 Å². The maximum atomic E-state index is 5.75. The molecule has 1 saturated heterocycles. The van der Waals surface area contributed by atoms with Crippen LogP contribution in [-0.2, 0) is 0 Å². The molecule has 1 fully saturated rings. The quantitative estimate of drug-likeness (QED) is 0.713. The minimum absolute atomic E-state index is 0.538. The van der Waals surface area contributed by atoms with Gasteiger partial charge in [0.15, 0.2) is 5.52 Å². The van der Waals surface area contributed by atoms with Crippen molar-refractivity contribution < 1.29 is 4.42 Å². The molecule has 0 spiro atoms. The van der Waals surface area contributed by atoms with Gasteiger partial charge in [0.05, 0.1) is 5.69 Å². The van der Waals surface area contributed by atoms with E-state index >= 15 is 0 Å². The normalized spacial score (nSPS) is 15.1. The molecular weight excluding hydrogens is 314 g/mol. The van der Waals surface area contributed by atoms with Gasteiger partial charge < -0.3 is 14.2 Å². The summed E-state index contributed by atoms with van der Waals surface area (Å²) >= 11 is 0. The Bertz CT molecular complexity index is 819. The predicted octanol–water partition coefficient (Wildman–Crippen LogP) is 3.37. The third-order valence-corrected chi connectivity index (χ3v) is 4.36. The van der Waals surface area contributed by atoms with Gasteiger partial charge in [-0.1, -0.05) is 13.8 Å². The lowest BCUT2D eigenvalue weighted by Crippen LogP contribution is -2.44. The van der Waals surface area contributed by atoms with E-state index in [-0.39, 0.29) is 0 Å². The molecule has 0 bridgehead atoms. The van der Waals surface area contributed by atoms with Crippen LogP contribution in [0.5, 0.6) is 0 Å². The smallest absolute Gasteiger partial charge is 0.250 e. The Labute approximate surface area is 148 Å². The molecule has 2 aromatic heterocycles. The number of anilines is 1. The number of fused-ring (bicyclic) bond motifs is 1. The third kappa shape index (κ3) is 3.64. The third-order valence-electron chi connectivity index (χ3n) is 4.36. The molecule has 0 atom stereocenters. The maximum Gasteiger partial charge on any atom is 0.250 e. The first kappa shape index (κ1) is 17.4. The second kappa shape index (κ2) is 7.61. The van der Waals surface area contributed by atoms with Gasteiger partial charge in [0.25, 0.3) is 5.71 Å². The molecule has 25 heavy (non-hydrogen) atoms. The number of likely N-dealkylation sites (N-methyl/N-ethyl adjacent to an activating group) is 1. The number of aromatic nitrogens is 3. The molecule has 0 radical (unpaired) electrons. The number of hydrogen-bond donors (Lipinski definition) is 0. The minimum atomic E-state index is 0.538. The highest BCUT2D eigenvalue weighted by atomic mass is 16.4. The van der Waals surface area contributed by atoms with E-state index in [4.69, 9.17) is 4.42 Å². The highest BCUT2D eigenvalue weighted by Crippen LogP contribution is 2.26. The van der Waals surface area contributed by atoms with Crippen LogP contribution in [0.15, 0.2) is 35.0 Å². The molecular formula is C19H25N5O. The number of benzene rings is 1. The highest BCUT2D eigenvalue weighted by Gasteiger charge is 2.15. The standard InChI is InChI=1S/C17H19N5O.C2H6/c1-12-15-17(19-11-18-12)23-16(20-15)13-3-5-14(6-4-13)22-9-7-21(2)8-10-22;1-2/h3-6,11H,7-10H2,1-2H3;1-2H3. The fourth-order valence-corrected chi connectivity index (χ4v) is 2.87. The van der Waals surface area contributed by atoms with E-state index in [9.17, 15) is 0 Å². The Morgan fingerprint density at radius 1 is 0.960 bits per heavy atom. The van der Waals surface area contributed by atoms with E-state index in [2.05, 4.69) is 56.1 Å². The summed E-state index contributed by atoms with van der Waals surface area (Å²) < 4.78 is 5.75. The van der Waals surface area contributed by atoms with E-state index in [0.29, 0.717) is 11.6 Å². The summed E-state index contributed by atoms with van der Waals surface area (Å²) in [5.74, 6) is 0.591. The molecule has 0 aliphatic carbocycles. The Morgan fingerprint density at radius 3 is 2.28 bits per heavy atom. The summed E-state index contributed by atoms with van der Waals surface area (Å²) in [4.78, 5) is 17.6. The van der Waals surface area contributed by atoms with Crippen molar-refractivity contribution in [3.8, 4) is 11.5 Å². The van der Waals surface area contributed by atoms with Crippen LogP contribution in [0.3, 0.4) is 0 Å². The fraction of sp³-hybridized carbons (Fsp3) is 0.421. The van der Waals surface area contributed by atoms with Crippen LogP contribution in [0.25, 0.3) is 22.7 Å². The molecule has 6 heteroatoms. The zero-order chi connectivity index (χ0) is 17.8. The van der Waals surface area contributed by atoms with Gasteiger partial charge in [-0.25, -0.2) is 9.97 Å². The van der Waals surface area contributed by atoms with Crippen LogP contribution in [0.4, 0.5) is 5.69 Å². The average Bonchev–Trinajstić information content (AvgIpc) is 3.10. The van der Waals surface area contributed by atoms with Crippen molar-refractivity contribution in [1.82, 2.24) is 19.9 Å². The Kier molecular flexibility index (Phi) is 5.28. The second-order valence-corrected chi connectivity index (χ2v) is 5.97. The average molecular weight is 339 g/mol. The van der Waals surface area contributed by atoms with Crippen molar-refractivity contribution in [3.63, 3.8) is 0 Å². The van der Waals surface area contributed by atoms with Crippen molar-refractivity contribution in [2.45, 2.75) is 20.8 Å². The van der Waals surface area contributed by atoms with Gasteiger partial charge in [0.2, 0.25) is 5.89 Å². The summed E-state index contributed by atoms with van der Waals surface area (Å²) in [6, 6.07) is 8.38. The van der Waals surface area contributed by atoms with Crippen molar-refractivity contribution in [2.24, 2.45) is 0 Å². The van der Waals surface area contributed by atoms with Gasteiger partial charge >= 0.3 is 0 Å². The zero-order valence-electron chi connectivity index (χ0n) is 15.4. The van der Waals surface area contributed by atoms with E-state index in [1.54, 1.807) is 0 Å². The second-order valence-electron chi connectivity index (χ2n) is 5.97. The summed E-state index contributed by atoms with van der Waals surface area (Å²) in [7, 11) is 2.17. The minimum Gasteiger partial charge on any atom is -0.418 e. The summed E-state index contributed by atoms with van der Waals surface area (Å²) in [6.45, 7) is 10.2. The lowest BCUT2D eigenvalue weighted by Gasteiger charge is -2.34.